The van der Waals surface area contributed by atoms with Crippen molar-refractivity contribution in [2.45, 2.75) is 6.04 Å². The number of benzene rings is 1. The van der Waals surface area contributed by atoms with E-state index in [4.69, 9.17) is 0 Å². The van der Waals surface area contributed by atoms with Crippen molar-refractivity contribution in [3.63, 3.8) is 0 Å². The highest BCUT2D eigenvalue weighted by Gasteiger charge is 2.26. The molecule has 0 bridgehead atoms. The highest BCUT2D eigenvalue weighted by molar-refractivity contribution is 9.10. The van der Waals surface area contributed by atoms with Crippen LogP contribution in [0.5, 0.6) is 0 Å². The van der Waals surface area contributed by atoms with Gasteiger partial charge in [-0.05, 0) is 17.7 Å². The van der Waals surface area contributed by atoms with Crippen LogP contribution >= 0.6 is 27.3 Å². The minimum absolute atomic E-state index is 0.170. The summed E-state index contributed by atoms with van der Waals surface area (Å²) in [7, 11) is 0. The summed E-state index contributed by atoms with van der Waals surface area (Å²) in [6, 6.07) is 11.4. The lowest BCUT2D eigenvalue weighted by Crippen LogP contribution is -2.47. The van der Waals surface area contributed by atoms with Crippen molar-refractivity contribution in [3.8, 4) is 6.07 Å². The molecule has 9 heteroatoms. The Balaban J connectivity index is 1.49. The summed E-state index contributed by atoms with van der Waals surface area (Å²) in [5.74, 6) is 0. The van der Waals surface area contributed by atoms with Crippen molar-refractivity contribution < 1.29 is 0 Å². The van der Waals surface area contributed by atoms with E-state index in [1.807, 2.05) is 24.3 Å². The normalized spacial score (nSPS) is 16.5. The Hall–Kier alpha value is -2.28. The summed E-state index contributed by atoms with van der Waals surface area (Å²) in [5, 5.41) is 14.8. The molecular weight excluding hydrogens is 416 g/mol. The highest BCUT2D eigenvalue weighted by atomic mass is 79.9. The van der Waals surface area contributed by atoms with E-state index in [1.54, 1.807) is 0 Å². The summed E-state index contributed by atoms with van der Waals surface area (Å²) >= 11 is 4.84. The van der Waals surface area contributed by atoms with Crippen molar-refractivity contribution in [2.75, 3.05) is 31.1 Å². The van der Waals surface area contributed by atoms with Crippen LogP contribution in [0.3, 0.4) is 0 Å². The molecule has 0 aliphatic carbocycles. The average Bonchev–Trinajstić information content (AvgIpc) is 3.10. The van der Waals surface area contributed by atoms with Gasteiger partial charge in [-0.15, -0.1) is 5.10 Å². The first-order valence-corrected chi connectivity index (χ1v) is 9.75. The first-order valence-electron chi connectivity index (χ1n) is 8.15. The molecule has 1 saturated heterocycles. The SMILES string of the molecule is N#C[C@@H](c1ccc(Br)cc1)N1CCN(c2nn3c(=O)ccnc3s2)CC1. The summed E-state index contributed by atoms with van der Waals surface area (Å²) in [6.07, 6.45) is 1.51. The Morgan fingerprint density at radius 3 is 2.54 bits per heavy atom. The van der Waals surface area contributed by atoms with Crippen LogP contribution in [-0.4, -0.2) is 45.7 Å². The smallest absolute Gasteiger partial charge is 0.275 e. The molecule has 1 aliphatic rings. The molecule has 26 heavy (non-hydrogen) atoms. The molecule has 4 rings (SSSR count). The number of rotatable bonds is 3. The third kappa shape index (κ3) is 3.23. The van der Waals surface area contributed by atoms with E-state index in [-0.39, 0.29) is 11.6 Å². The van der Waals surface area contributed by atoms with Gasteiger partial charge in [0.2, 0.25) is 10.1 Å². The molecule has 1 atom stereocenters. The molecule has 7 nitrogen and oxygen atoms in total. The van der Waals surface area contributed by atoms with Gasteiger partial charge in [0.1, 0.15) is 6.04 Å². The molecule has 0 saturated carbocycles. The van der Waals surface area contributed by atoms with Gasteiger partial charge in [-0.3, -0.25) is 9.69 Å². The topological polar surface area (TPSA) is 77.5 Å². The predicted octanol–water partition coefficient (Wildman–Crippen LogP) is 2.30. The molecule has 1 aliphatic heterocycles. The third-order valence-electron chi connectivity index (χ3n) is 4.42. The zero-order valence-corrected chi connectivity index (χ0v) is 16.2. The van der Waals surface area contributed by atoms with E-state index in [0.717, 1.165) is 41.3 Å². The Morgan fingerprint density at radius 2 is 1.88 bits per heavy atom. The van der Waals surface area contributed by atoms with Crippen LogP contribution in [0, 0.1) is 11.3 Å². The Bertz CT molecular complexity index is 1020. The van der Waals surface area contributed by atoms with Crippen LogP contribution < -0.4 is 10.5 Å². The van der Waals surface area contributed by atoms with Crippen LogP contribution in [0.4, 0.5) is 5.13 Å². The second-order valence-electron chi connectivity index (χ2n) is 5.97. The maximum absolute atomic E-state index is 11.8. The number of hydrogen-bond acceptors (Lipinski definition) is 7. The fraction of sp³-hybridized carbons (Fsp3) is 0.294. The number of aromatic nitrogens is 3. The summed E-state index contributed by atoms with van der Waals surface area (Å²) in [5.41, 5.74) is 0.829. The van der Waals surface area contributed by atoms with E-state index < -0.39 is 0 Å². The van der Waals surface area contributed by atoms with Crippen molar-refractivity contribution in [1.29, 1.82) is 5.26 Å². The van der Waals surface area contributed by atoms with Crippen molar-refractivity contribution in [2.24, 2.45) is 0 Å². The number of hydrogen-bond donors (Lipinski definition) is 0. The molecule has 0 radical (unpaired) electrons. The lowest BCUT2D eigenvalue weighted by Gasteiger charge is -2.36. The van der Waals surface area contributed by atoms with Gasteiger partial charge in [0, 0.05) is 42.9 Å². The van der Waals surface area contributed by atoms with Gasteiger partial charge in [-0.2, -0.15) is 9.78 Å². The first-order chi connectivity index (χ1) is 12.7. The van der Waals surface area contributed by atoms with E-state index in [1.165, 1.54) is 28.1 Å². The first kappa shape index (κ1) is 17.1. The number of nitriles is 1. The number of fused-ring (bicyclic) bond motifs is 1. The lowest BCUT2D eigenvalue weighted by molar-refractivity contribution is 0.222. The van der Waals surface area contributed by atoms with E-state index in [9.17, 15) is 10.1 Å². The zero-order chi connectivity index (χ0) is 18.1. The van der Waals surface area contributed by atoms with Crippen molar-refractivity contribution in [3.05, 3.63) is 56.9 Å². The molecule has 3 heterocycles. The highest BCUT2D eigenvalue weighted by Crippen LogP contribution is 2.26. The maximum Gasteiger partial charge on any atom is 0.275 e. The zero-order valence-electron chi connectivity index (χ0n) is 13.7. The Morgan fingerprint density at radius 1 is 1.15 bits per heavy atom. The van der Waals surface area contributed by atoms with Crippen molar-refractivity contribution in [1.82, 2.24) is 19.5 Å². The molecule has 1 fully saturated rings. The van der Waals surface area contributed by atoms with Gasteiger partial charge >= 0.3 is 0 Å². The monoisotopic (exact) mass is 430 g/mol. The van der Waals surface area contributed by atoms with E-state index >= 15 is 0 Å². The molecular formula is C17H15BrN6OS. The largest absolute Gasteiger partial charge is 0.344 e. The van der Waals surface area contributed by atoms with Crippen LogP contribution in [0.2, 0.25) is 0 Å². The van der Waals surface area contributed by atoms with Crippen LogP contribution in [-0.2, 0) is 0 Å². The molecule has 2 aromatic heterocycles. The van der Waals surface area contributed by atoms with Gasteiger partial charge < -0.3 is 4.90 Å². The number of anilines is 1. The standard InChI is InChI=1S/C17H15BrN6OS/c18-13-3-1-12(2-4-13)14(11-19)22-7-9-23(10-8-22)17-21-24-15(25)5-6-20-16(24)26-17/h1-6,14H,7-10H2/t14-/m0/s1. The fourth-order valence-electron chi connectivity index (χ4n) is 3.04. The molecule has 132 valence electrons. The number of piperazine rings is 1. The second kappa shape index (κ2) is 7.15. The molecule has 1 aromatic carbocycles. The minimum atomic E-state index is -0.259. The van der Waals surface area contributed by atoms with Crippen molar-refractivity contribution >= 4 is 37.4 Å². The second-order valence-corrected chi connectivity index (χ2v) is 7.82. The van der Waals surface area contributed by atoms with Gasteiger partial charge in [0.25, 0.3) is 5.56 Å². The van der Waals surface area contributed by atoms with E-state index in [2.05, 4.69) is 41.9 Å². The molecule has 0 spiro atoms. The predicted molar refractivity (Wildman–Crippen MR) is 103 cm³/mol. The van der Waals surface area contributed by atoms with Crippen LogP contribution in [0.1, 0.15) is 11.6 Å². The van der Waals surface area contributed by atoms with Gasteiger partial charge in [0.15, 0.2) is 0 Å². The molecule has 0 amide bonds. The van der Waals surface area contributed by atoms with Gasteiger partial charge in [0.05, 0.1) is 6.07 Å². The average molecular weight is 431 g/mol. The Labute approximate surface area is 162 Å². The molecule has 3 aromatic rings. The summed E-state index contributed by atoms with van der Waals surface area (Å²) in [4.78, 5) is 21.0. The lowest BCUT2D eigenvalue weighted by atomic mass is 10.1. The fourth-order valence-corrected chi connectivity index (χ4v) is 4.24. The number of halogens is 1. The van der Waals surface area contributed by atoms with Gasteiger partial charge in [-0.1, -0.05) is 39.4 Å². The minimum Gasteiger partial charge on any atom is -0.344 e. The third-order valence-corrected chi connectivity index (χ3v) is 5.93. The molecule has 0 N–H and O–H groups in total. The number of nitrogens with zero attached hydrogens (tertiary/aromatic N) is 6. The Kier molecular flexibility index (Phi) is 4.72. The summed E-state index contributed by atoms with van der Waals surface area (Å²) < 4.78 is 2.34. The summed E-state index contributed by atoms with van der Waals surface area (Å²) in [6.45, 7) is 3.02. The molecule has 0 unspecified atom stereocenters. The van der Waals surface area contributed by atoms with E-state index in [0.29, 0.717) is 4.96 Å². The van der Waals surface area contributed by atoms with Gasteiger partial charge in [-0.25, -0.2) is 4.98 Å². The van der Waals surface area contributed by atoms with Crippen LogP contribution in [0.25, 0.3) is 4.96 Å². The quantitative estimate of drug-likeness (QED) is 0.634. The maximum atomic E-state index is 11.8. The van der Waals surface area contributed by atoms with Crippen LogP contribution in [0.15, 0.2) is 45.8 Å².